The van der Waals surface area contributed by atoms with Gasteiger partial charge in [-0.05, 0) is 19.1 Å². The average molecular weight is 224 g/mol. The van der Waals surface area contributed by atoms with Crippen molar-refractivity contribution in [2.45, 2.75) is 13.8 Å². The fraction of sp³-hybridized carbons (Fsp3) is 0.333. The summed E-state index contributed by atoms with van der Waals surface area (Å²) in [6, 6.07) is 8.96. The summed E-state index contributed by atoms with van der Waals surface area (Å²) in [5, 5.41) is 0. The summed E-state index contributed by atoms with van der Waals surface area (Å²) in [5.41, 5.74) is 0.606. The van der Waals surface area contributed by atoms with E-state index >= 15 is 0 Å². The van der Waals surface area contributed by atoms with Gasteiger partial charge in [0.2, 0.25) is 0 Å². The molecule has 0 radical (unpaired) electrons. The van der Waals surface area contributed by atoms with Crippen LogP contribution >= 0.6 is 0 Å². The van der Waals surface area contributed by atoms with Crippen LogP contribution in [0, 0.1) is 0 Å². The number of methoxy groups -OCH3 is 1. The number of carbonyl (C=O) groups excluding carboxylic acids is 2. The van der Waals surface area contributed by atoms with Gasteiger partial charge in [-0.15, -0.1) is 0 Å². The third-order valence-electron chi connectivity index (χ3n) is 1.57. The summed E-state index contributed by atoms with van der Waals surface area (Å²) in [6.07, 6.45) is 0. The molecule has 0 atom stereocenters. The second kappa shape index (κ2) is 8.47. The van der Waals surface area contributed by atoms with Gasteiger partial charge in [0.15, 0.2) is 0 Å². The number of esters is 2. The van der Waals surface area contributed by atoms with E-state index in [2.05, 4.69) is 4.74 Å². The maximum atomic E-state index is 11.0. The molecule has 0 aromatic heterocycles. The van der Waals surface area contributed by atoms with Crippen LogP contribution in [0.1, 0.15) is 24.2 Å². The first-order valence-electron chi connectivity index (χ1n) is 4.88. The molecule has 0 heterocycles. The minimum absolute atomic E-state index is 0.245. The largest absolute Gasteiger partial charge is 0.469 e. The lowest BCUT2D eigenvalue weighted by Gasteiger charge is -1.99. The Labute approximate surface area is 95.2 Å². The Balaban J connectivity index is 0.000000385. The van der Waals surface area contributed by atoms with Gasteiger partial charge >= 0.3 is 11.9 Å². The lowest BCUT2D eigenvalue weighted by Crippen LogP contribution is -2.03. The summed E-state index contributed by atoms with van der Waals surface area (Å²) < 4.78 is 8.90. The number of benzene rings is 1. The van der Waals surface area contributed by atoms with Crippen LogP contribution < -0.4 is 0 Å². The quantitative estimate of drug-likeness (QED) is 0.721. The third-order valence-corrected chi connectivity index (χ3v) is 1.57. The highest BCUT2D eigenvalue weighted by Crippen LogP contribution is 1.99. The Morgan fingerprint density at radius 1 is 1.19 bits per heavy atom. The molecule has 1 aromatic carbocycles. The Morgan fingerprint density at radius 3 is 2.06 bits per heavy atom. The lowest BCUT2D eigenvalue weighted by molar-refractivity contribution is -0.137. The third kappa shape index (κ3) is 6.59. The minimum atomic E-state index is -0.256. The van der Waals surface area contributed by atoms with Gasteiger partial charge in [0.1, 0.15) is 0 Å². The average Bonchev–Trinajstić information content (AvgIpc) is 2.31. The Bertz CT molecular complexity index is 319. The molecule has 4 nitrogen and oxygen atoms in total. The molecule has 0 N–H and O–H groups in total. The SMILES string of the molecule is CCOC(=O)c1ccccc1.COC(C)=O. The van der Waals surface area contributed by atoms with E-state index in [9.17, 15) is 9.59 Å². The predicted molar refractivity (Wildman–Crippen MR) is 60.1 cm³/mol. The zero-order valence-corrected chi connectivity index (χ0v) is 9.73. The zero-order chi connectivity index (χ0) is 12.4. The van der Waals surface area contributed by atoms with E-state index in [1.807, 2.05) is 18.2 Å². The van der Waals surface area contributed by atoms with Crippen molar-refractivity contribution < 1.29 is 19.1 Å². The van der Waals surface area contributed by atoms with Crippen molar-refractivity contribution in [3.8, 4) is 0 Å². The molecule has 0 saturated carbocycles. The molecule has 0 saturated heterocycles. The van der Waals surface area contributed by atoms with Crippen LogP contribution in [0.15, 0.2) is 30.3 Å². The standard InChI is InChI=1S/C9H10O2.C3H6O2/c1-2-11-9(10)8-6-4-3-5-7-8;1-3(4)5-2/h3-7H,2H2,1H3;1-2H3. The van der Waals surface area contributed by atoms with Crippen LogP contribution in [0.25, 0.3) is 0 Å². The van der Waals surface area contributed by atoms with Gasteiger partial charge in [-0.3, -0.25) is 4.79 Å². The van der Waals surface area contributed by atoms with Crippen LogP contribution in [-0.4, -0.2) is 25.7 Å². The summed E-state index contributed by atoms with van der Waals surface area (Å²) in [6.45, 7) is 3.58. The molecule has 0 aliphatic rings. The van der Waals surface area contributed by atoms with Crippen LogP contribution in [0.5, 0.6) is 0 Å². The first-order valence-corrected chi connectivity index (χ1v) is 4.88. The molecule has 0 amide bonds. The first kappa shape index (κ1) is 14.2. The van der Waals surface area contributed by atoms with Crippen molar-refractivity contribution in [1.82, 2.24) is 0 Å². The highest BCUT2D eigenvalue weighted by atomic mass is 16.5. The number of ether oxygens (including phenoxy) is 2. The molecule has 0 unspecified atom stereocenters. The Hall–Kier alpha value is -1.84. The van der Waals surface area contributed by atoms with E-state index in [0.717, 1.165) is 0 Å². The molecule has 0 fully saturated rings. The van der Waals surface area contributed by atoms with E-state index < -0.39 is 0 Å². The lowest BCUT2D eigenvalue weighted by atomic mass is 10.2. The van der Waals surface area contributed by atoms with E-state index in [1.165, 1.54) is 14.0 Å². The van der Waals surface area contributed by atoms with Crippen molar-refractivity contribution >= 4 is 11.9 Å². The molecule has 4 heteroatoms. The van der Waals surface area contributed by atoms with Crippen LogP contribution in [-0.2, 0) is 14.3 Å². The van der Waals surface area contributed by atoms with E-state index in [-0.39, 0.29) is 11.9 Å². The van der Waals surface area contributed by atoms with E-state index in [0.29, 0.717) is 12.2 Å². The molecule has 88 valence electrons. The van der Waals surface area contributed by atoms with E-state index in [1.54, 1.807) is 19.1 Å². The van der Waals surface area contributed by atoms with Crippen molar-refractivity contribution in [3.05, 3.63) is 35.9 Å². The summed E-state index contributed by atoms with van der Waals surface area (Å²) >= 11 is 0. The molecular formula is C12H16O4. The molecule has 0 bridgehead atoms. The predicted octanol–water partition coefficient (Wildman–Crippen LogP) is 2.04. The molecule has 1 rings (SSSR count). The van der Waals surface area contributed by atoms with Gasteiger partial charge in [-0.1, -0.05) is 18.2 Å². The van der Waals surface area contributed by atoms with E-state index in [4.69, 9.17) is 4.74 Å². The molecule has 0 aliphatic carbocycles. The van der Waals surface area contributed by atoms with Crippen molar-refractivity contribution in [1.29, 1.82) is 0 Å². The van der Waals surface area contributed by atoms with Crippen LogP contribution in [0.3, 0.4) is 0 Å². The molecule has 1 aromatic rings. The highest BCUT2D eigenvalue weighted by molar-refractivity contribution is 5.89. The van der Waals surface area contributed by atoms with Crippen molar-refractivity contribution in [3.63, 3.8) is 0 Å². The first-order chi connectivity index (χ1) is 7.61. The van der Waals surface area contributed by atoms with Crippen molar-refractivity contribution in [2.75, 3.05) is 13.7 Å². The van der Waals surface area contributed by atoms with Crippen LogP contribution in [0.4, 0.5) is 0 Å². The van der Waals surface area contributed by atoms with Gasteiger partial charge in [-0.25, -0.2) is 4.79 Å². The Morgan fingerprint density at radius 2 is 1.69 bits per heavy atom. The molecule has 0 spiro atoms. The maximum Gasteiger partial charge on any atom is 0.338 e. The van der Waals surface area contributed by atoms with Gasteiger partial charge in [0.05, 0.1) is 19.3 Å². The number of hydrogen-bond acceptors (Lipinski definition) is 4. The summed E-state index contributed by atoms with van der Waals surface area (Å²) in [4.78, 5) is 20.6. The highest BCUT2D eigenvalue weighted by Gasteiger charge is 2.02. The molecular weight excluding hydrogens is 208 g/mol. The fourth-order valence-electron chi connectivity index (χ4n) is 0.789. The maximum absolute atomic E-state index is 11.0. The monoisotopic (exact) mass is 224 g/mol. The Kier molecular flexibility index (Phi) is 7.49. The molecule has 0 aliphatic heterocycles. The van der Waals surface area contributed by atoms with Gasteiger partial charge in [0.25, 0.3) is 0 Å². The fourth-order valence-corrected chi connectivity index (χ4v) is 0.789. The van der Waals surface area contributed by atoms with Crippen LogP contribution in [0.2, 0.25) is 0 Å². The smallest absolute Gasteiger partial charge is 0.338 e. The van der Waals surface area contributed by atoms with Gasteiger partial charge < -0.3 is 9.47 Å². The number of hydrogen-bond donors (Lipinski definition) is 0. The van der Waals surface area contributed by atoms with Gasteiger partial charge in [-0.2, -0.15) is 0 Å². The summed E-state index contributed by atoms with van der Waals surface area (Å²) in [5.74, 6) is -0.502. The second-order valence-electron chi connectivity index (χ2n) is 2.78. The number of carbonyl (C=O) groups is 2. The molecule has 16 heavy (non-hydrogen) atoms. The zero-order valence-electron chi connectivity index (χ0n) is 9.73. The van der Waals surface area contributed by atoms with Crippen molar-refractivity contribution in [2.24, 2.45) is 0 Å². The topological polar surface area (TPSA) is 52.6 Å². The summed E-state index contributed by atoms with van der Waals surface area (Å²) in [7, 11) is 1.35. The minimum Gasteiger partial charge on any atom is -0.469 e. The number of rotatable bonds is 2. The van der Waals surface area contributed by atoms with Gasteiger partial charge in [0, 0.05) is 6.92 Å². The second-order valence-corrected chi connectivity index (χ2v) is 2.78. The normalized spacial score (nSPS) is 8.44.